The molecule has 4 aromatic rings. The summed E-state index contributed by atoms with van der Waals surface area (Å²) in [6.07, 6.45) is 0.0724. The molecule has 7 nitrogen and oxygen atoms in total. The average molecular weight is 431 g/mol. The van der Waals surface area contributed by atoms with Crippen LogP contribution in [-0.2, 0) is 17.8 Å². The van der Waals surface area contributed by atoms with E-state index >= 15 is 0 Å². The third-order valence-corrected chi connectivity index (χ3v) is 5.01. The molecule has 0 spiro atoms. The van der Waals surface area contributed by atoms with E-state index in [9.17, 15) is 19.8 Å². The minimum atomic E-state index is -0.614. The number of nitrogens with one attached hydrogen (secondary N) is 1. The fourth-order valence-electron chi connectivity index (χ4n) is 3.40. The van der Waals surface area contributed by atoms with E-state index < -0.39 is 11.7 Å². The van der Waals surface area contributed by atoms with Gasteiger partial charge in [-0.3, -0.25) is 0 Å². The predicted octanol–water partition coefficient (Wildman–Crippen LogP) is 4.34. The number of aromatic hydroxyl groups is 2. The van der Waals surface area contributed by atoms with Crippen LogP contribution in [0.15, 0.2) is 82.0 Å². The monoisotopic (exact) mass is 431 g/mol. The molecular formula is C25H21NO6. The number of fused-ring (bicyclic) bond motifs is 1. The normalized spacial score (nSPS) is 10.8. The zero-order chi connectivity index (χ0) is 22.5. The van der Waals surface area contributed by atoms with E-state index in [0.29, 0.717) is 35.0 Å². The van der Waals surface area contributed by atoms with Crippen molar-refractivity contribution in [3.63, 3.8) is 0 Å². The first-order valence-electron chi connectivity index (χ1n) is 10.0. The highest BCUT2D eigenvalue weighted by molar-refractivity contribution is 5.89. The molecular weight excluding hydrogens is 410 g/mol. The topological polar surface area (TPSA) is 109 Å². The molecule has 0 radical (unpaired) electrons. The molecule has 0 bridgehead atoms. The van der Waals surface area contributed by atoms with E-state index in [4.69, 9.17) is 9.15 Å². The number of alkyl carbamates (subject to hydrolysis) is 1. The SMILES string of the molecule is O=C(NCCc1ccccc1)OCc1cc(=O)oc2cc(O)c(-c3ccc(O)cc3)cc12. The molecule has 0 unspecified atom stereocenters. The molecule has 3 N–H and O–H groups in total. The Morgan fingerprint density at radius 3 is 2.47 bits per heavy atom. The molecule has 0 aliphatic carbocycles. The summed E-state index contributed by atoms with van der Waals surface area (Å²) in [5.74, 6) is 0.0236. The summed E-state index contributed by atoms with van der Waals surface area (Å²) in [4.78, 5) is 24.1. The van der Waals surface area contributed by atoms with Crippen molar-refractivity contribution in [3.05, 3.63) is 94.3 Å². The Hall–Kier alpha value is -4.26. The second-order valence-corrected chi connectivity index (χ2v) is 7.24. The van der Waals surface area contributed by atoms with E-state index in [1.807, 2.05) is 30.3 Å². The maximum absolute atomic E-state index is 12.1. The Bertz CT molecular complexity index is 1300. The second kappa shape index (κ2) is 9.26. The van der Waals surface area contributed by atoms with Crippen molar-refractivity contribution in [3.8, 4) is 22.6 Å². The van der Waals surface area contributed by atoms with Crippen molar-refractivity contribution in [2.75, 3.05) is 6.54 Å². The van der Waals surface area contributed by atoms with E-state index in [2.05, 4.69) is 5.32 Å². The lowest BCUT2D eigenvalue weighted by Gasteiger charge is -2.11. The van der Waals surface area contributed by atoms with Crippen LogP contribution < -0.4 is 10.9 Å². The summed E-state index contributed by atoms with van der Waals surface area (Å²) in [5.41, 5.74) is 2.27. The molecule has 0 atom stereocenters. The van der Waals surface area contributed by atoms with E-state index in [1.165, 1.54) is 24.3 Å². The number of phenolic OH excluding ortho intramolecular Hbond substituents is 2. The summed E-state index contributed by atoms with van der Waals surface area (Å²) < 4.78 is 10.5. The first kappa shape index (κ1) is 21.0. The second-order valence-electron chi connectivity index (χ2n) is 7.24. The smallest absolute Gasteiger partial charge is 0.407 e. The highest BCUT2D eigenvalue weighted by Crippen LogP contribution is 2.35. The van der Waals surface area contributed by atoms with Gasteiger partial charge in [-0.15, -0.1) is 0 Å². The van der Waals surface area contributed by atoms with Crippen molar-refractivity contribution in [1.82, 2.24) is 5.32 Å². The highest BCUT2D eigenvalue weighted by Gasteiger charge is 2.14. The molecule has 7 heteroatoms. The molecule has 3 aromatic carbocycles. The van der Waals surface area contributed by atoms with Crippen molar-refractivity contribution in [2.24, 2.45) is 0 Å². The summed E-state index contributed by atoms with van der Waals surface area (Å²) in [7, 11) is 0. The zero-order valence-electron chi connectivity index (χ0n) is 17.1. The maximum atomic E-state index is 12.1. The number of rotatable bonds is 6. The summed E-state index contributed by atoms with van der Waals surface area (Å²) in [5, 5.41) is 23.1. The first-order valence-corrected chi connectivity index (χ1v) is 10.0. The minimum Gasteiger partial charge on any atom is -0.508 e. The van der Waals surface area contributed by atoms with Gasteiger partial charge >= 0.3 is 11.7 Å². The molecule has 0 saturated carbocycles. The maximum Gasteiger partial charge on any atom is 0.407 e. The number of carbonyl (C=O) groups excluding carboxylic acids is 1. The van der Waals surface area contributed by atoms with Gasteiger partial charge in [-0.1, -0.05) is 42.5 Å². The van der Waals surface area contributed by atoms with Crippen LogP contribution in [0.4, 0.5) is 4.79 Å². The van der Waals surface area contributed by atoms with Crippen LogP contribution in [0.5, 0.6) is 11.5 Å². The summed E-state index contributed by atoms with van der Waals surface area (Å²) in [6.45, 7) is 0.276. The molecule has 0 saturated heterocycles. The van der Waals surface area contributed by atoms with Crippen molar-refractivity contribution in [1.29, 1.82) is 0 Å². The number of carbonyl (C=O) groups is 1. The largest absolute Gasteiger partial charge is 0.508 e. The first-order chi connectivity index (χ1) is 15.5. The number of ether oxygens (including phenoxy) is 1. The van der Waals surface area contributed by atoms with Gasteiger partial charge in [0, 0.05) is 35.2 Å². The zero-order valence-corrected chi connectivity index (χ0v) is 17.1. The number of hydrogen-bond donors (Lipinski definition) is 3. The van der Waals surface area contributed by atoms with Gasteiger partial charge < -0.3 is 24.7 Å². The van der Waals surface area contributed by atoms with Crippen molar-refractivity contribution in [2.45, 2.75) is 13.0 Å². The summed E-state index contributed by atoms with van der Waals surface area (Å²) in [6, 6.07) is 20.4. The van der Waals surface area contributed by atoms with Gasteiger partial charge in [0.25, 0.3) is 0 Å². The molecule has 4 rings (SSSR count). The quantitative estimate of drug-likeness (QED) is 0.392. The van der Waals surface area contributed by atoms with Crippen LogP contribution in [0.2, 0.25) is 0 Å². The van der Waals surface area contributed by atoms with Gasteiger partial charge in [0.05, 0.1) is 0 Å². The van der Waals surface area contributed by atoms with Crippen LogP contribution in [-0.4, -0.2) is 22.9 Å². The third-order valence-electron chi connectivity index (χ3n) is 5.01. The number of benzene rings is 3. The average Bonchev–Trinajstić information content (AvgIpc) is 2.78. The van der Waals surface area contributed by atoms with Gasteiger partial charge in [0.1, 0.15) is 23.7 Å². The van der Waals surface area contributed by atoms with E-state index in [0.717, 1.165) is 5.56 Å². The Morgan fingerprint density at radius 1 is 0.969 bits per heavy atom. The molecule has 1 amide bonds. The van der Waals surface area contributed by atoms with Crippen LogP contribution in [0.3, 0.4) is 0 Å². The van der Waals surface area contributed by atoms with Gasteiger partial charge in [-0.25, -0.2) is 9.59 Å². The van der Waals surface area contributed by atoms with Gasteiger partial charge in [-0.2, -0.15) is 0 Å². The fourth-order valence-corrected chi connectivity index (χ4v) is 3.40. The summed E-state index contributed by atoms with van der Waals surface area (Å²) >= 11 is 0. The number of hydrogen-bond acceptors (Lipinski definition) is 6. The fraction of sp³-hybridized carbons (Fsp3) is 0.120. The standard InChI is InChI=1S/C25H21NO6/c27-19-8-6-17(7-9-19)20-13-21-18(12-24(29)32-23(21)14-22(20)28)15-31-25(30)26-11-10-16-4-2-1-3-5-16/h1-9,12-14,27-28H,10-11,15H2,(H,26,30). The lowest BCUT2D eigenvalue weighted by Crippen LogP contribution is -2.26. The van der Waals surface area contributed by atoms with Crippen molar-refractivity contribution < 1.29 is 24.2 Å². The van der Waals surface area contributed by atoms with Crippen LogP contribution in [0.25, 0.3) is 22.1 Å². The van der Waals surface area contributed by atoms with Crippen LogP contribution >= 0.6 is 0 Å². The van der Waals surface area contributed by atoms with Crippen LogP contribution in [0.1, 0.15) is 11.1 Å². The molecule has 1 aromatic heterocycles. The van der Waals surface area contributed by atoms with Gasteiger partial charge in [0.2, 0.25) is 0 Å². The molecule has 32 heavy (non-hydrogen) atoms. The Kier molecular flexibility index (Phi) is 6.07. The van der Waals surface area contributed by atoms with E-state index in [-0.39, 0.29) is 23.7 Å². The van der Waals surface area contributed by atoms with E-state index in [1.54, 1.807) is 18.2 Å². The van der Waals surface area contributed by atoms with Crippen molar-refractivity contribution >= 4 is 17.1 Å². The molecule has 0 aliphatic heterocycles. The Balaban J connectivity index is 1.51. The lowest BCUT2D eigenvalue weighted by atomic mass is 10.0. The Morgan fingerprint density at radius 2 is 1.72 bits per heavy atom. The third kappa shape index (κ3) is 4.89. The van der Waals surface area contributed by atoms with Crippen LogP contribution in [0, 0.1) is 0 Å². The minimum absolute atomic E-state index is 0.0805. The molecule has 0 aliphatic rings. The number of phenols is 2. The predicted molar refractivity (Wildman–Crippen MR) is 120 cm³/mol. The number of amides is 1. The lowest BCUT2D eigenvalue weighted by molar-refractivity contribution is 0.140. The Labute approximate surface area is 183 Å². The molecule has 1 heterocycles. The highest BCUT2D eigenvalue weighted by atomic mass is 16.5. The van der Waals surface area contributed by atoms with Gasteiger partial charge in [0.15, 0.2) is 0 Å². The molecule has 162 valence electrons. The molecule has 0 fully saturated rings. The van der Waals surface area contributed by atoms with Gasteiger partial charge in [-0.05, 0) is 35.7 Å².